The van der Waals surface area contributed by atoms with Crippen LogP contribution in [0.25, 0.3) is 0 Å². The van der Waals surface area contributed by atoms with Crippen LogP contribution in [-0.4, -0.2) is 21.6 Å². The number of fused-ring (bicyclic) bond motifs is 1. The van der Waals surface area contributed by atoms with Crippen molar-refractivity contribution < 1.29 is 9.47 Å². The van der Waals surface area contributed by atoms with E-state index in [1.165, 1.54) is 17.7 Å². The average molecular weight is 420 g/mol. The first-order chi connectivity index (χ1) is 13.3. The first kappa shape index (κ1) is 17.6. The number of rotatable bonds is 6. The highest BCUT2D eigenvalue weighted by Gasteiger charge is 2.30. The maximum Gasteiger partial charge on any atom is 0.191 e. The molecule has 3 heterocycles. The molecule has 1 fully saturated rings. The molecule has 0 amide bonds. The number of nitrogens with zero attached hydrogens (tertiary/aromatic N) is 3. The zero-order valence-electron chi connectivity index (χ0n) is 14.6. The fraction of sp³-hybridized carbons (Fsp3) is 0.368. The van der Waals surface area contributed by atoms with E-state index in [1.54, 1.807) is 23.1 Å². The molecule has 0 spiro atoms. The lowest BCUT2D eigenvalue weighted by Crippen LogP contribution is -2.13. The van der Waals surface area contributed by atoms with Crippen LogP contribution in [0.5, 0.6) is 5.75 Å². The number of aromatic nitrogens is 3. The summed E-state index contributed by atoms with van der Waals surface area (Å²) in [5.41, 5.74) is 2.09. The third-order valence-corrected chi connectivity index (χ3v) is 6.75. The molecule has 1 aliphatic heterocycles. The molecule has 3 aromatic rings. The molecule has 0 unspecified atom stereocenters. The van der Waals surface area contributed by atoms with Crippen LogP contribution >= 0.6 is 34.7 Å². The molecule has 1 aliphatic carbocycles. The summed E-state index contributed by atoms with van der Waals surface area (Å²) in [4.78, 5) is 1.32. The van der Waals surface area contributed by atoms with Gasteiger partial charge in [-0.05, 0) is 36.4 Å². The topological polar surface area (TPSA) is 49.2 Å². The normalized spacial score (nSPS) is 16.2. The predicted octanol–water partition coefficient (Wildman–Crippen LogP) is 5.08. The Hall–Kier alpha value is -1.54. The molecule has 0 bridgehead atoms. The van der Waals surface area contributed by atoms with Crippen molar-refractivity contribution in [2.75, 3.05) is 6.79 Å². The van der Waals surface area contributed by atoms with Crippen LogP contribution in [0.2, 0.25) is 5.02 Å². The monoisotopic (exact) mass is 419 g/mol. The van der Waals surface area contributed by atoms with Gasteiger partial charge in [-0.1, -0.05) is 29.4 Å². The van der Waals surface area contributed by atoms with Gasteiger partial charge in [-0.3, -0.25) is 0 Å². The second-order valence-electron chi connectivity index (χ2n) is 6.71. The van der Waals surface area contributed by atoms with E-state index < -0.39 is 0 Å². The summed E-state index contributed by atoms with van der Waals surface area (Å²) in [6, 6.07) is 8.66. The Balaban J connectivity index is 1.39. The van der Waals surface area contributed by atoms with Gasteiger partial charge in [0.1, 0.15) is 11.6 Å². The van der Waals surface area contributed by atoms with E-state index in [-0.39, 0.29) is 6.79 Å². The van der Waals surface area contributed by atoms with Gasteiger partial charge in [-0.2, -0.15) is 0 Å². The number of hydrogen-bond acceptors (Lipinski definition) is 6. The zero-order chi connectivity index (χ0) is 18.2. The molecule has 0 N–H and O–H groups in total. The average Bonchev–Trinajstić information content (AvgIpc) is 3.22. The second-order valence-corrected chi connectivity index (χ2v) is 9.12. The van der Waals surface area contributed by atoms with Crippen molar-refractivity contribution in [3.8, 4) is 5.75 Å². The van der Waals surface area contributed by atoms with Gasteiger partial charge in [0.25, 0.3) is 0 Å². The third kappa shape index (κ3) is 3.74. The van der Waals surface area contributed by atoms with Crippen molar-refractivity contribution in [2.45, 2.75) is 42.8 Å². The van der Waals surface area contributed by atoms with Crippen LogP contribution in [0.15, 0.2) is 34.8 Å². The van der Waals surface area contributed by atoms with Gasteiger partial charge in [-0.15, -0.1) is 21.5 Å². The van der Waals surface area contributed by atoms with Crippen molar-refractivity contribution in [1.82, 2.24) is 14.8 Å². The zero-order valence-corrected chi connectivity index (χ0v) is 16.9. The lowest BCUT2D eigenvalue weighted by molar-refractivity contribution is -0.0168. The fourth-order valence-corrected chi connectivity index (χ4v) is 5.26. The van der Waals surface area contributed by atoms with Crippen LogP contribution in [0, 0.1) is 0 Å². The van der Waals surface area contributed by atoms with Gasteiger partial charge < -0.3 is 14.0 Å². The Labute approximate surface area is 170 Å². The van der Waals surface area contributed by atoms with Crippen LogP contribution in [0.4, 0.5) is 0 Å². The molecule has 1 aromatic carbocycles. The number of thioether (sulfide) groups is 1. The predicted molar refractivity (Wildman–Crippen MR) is 107 cm³/mol. The highest BCUT2D eigenvalue weighted by molar-refractivity contribution is 7.98. The smallest absolute Gasteiger partial charge is 0.191 e. The molecule has 5 rings (SSSR count). The largest absolute Gasteiger partial charge is 0.467 e. The molecule has 1 saturated carbocycles. The van der Waals surface area contributed by atoms with Gasteiger partial charge in [0.05, 0.1) is 6.61 Å². The first-order valence-electron chi connectivity index (χ1n) is 8.89. The van der Waals surface area contributed by atoms with E-state index in [0.29, 0.717) is 17.7 Å². The van der Waals surface area contributed by atoms with E-state index in [0.717, 1.165) is 40.0 Å². The third-order valence-electron chi connectivity index (χ3n) is 4.67. The fourth-order valence-electron chi connectivity index (χ4n) is 3.30. The Morgan fingerprint density at radius 3 is 3.04 bits per heavy atom. The second kappa shape index (κ2) is 7.47. The van der Waals surface area contributed by atoms with Crippen molar-refractivity contribution in [1.29, 1.82) is 0 Å². The summed E-state index contributed by atoms with van der Waals surface area (Å²) in [5, 5.41) is 12.8. The van der Waals surface area contributed by atoms with Crippen LogP contribution < -0.4 is 4.74 Å². The van der Waals surface area contributed by atoms with Crippen molar-refractivity contribution in [3.63, 3.8) is 0 Å². The molecule has 27 heavy (non-hydrogen) atoms. The quantitative estimate of drug-likeness (QED) is 0.521. The molecule has 2 aromatic heterocycles. The number of thiophene rings is 1. The highest BCUT2D eigenvalue weighted by atomic mass is 35.5. The van der Waals surface area contributed by atoms with E-state index in [1.807, 2.05) is 12.1 Å². The summed E-state index contributed by atoms with van der Waals surface area (Å²) in [5.74, 6) is 2.70. The molecule has 5 nitrogen and oxygen atoms in total. The summed E-state index contributed by atoms with van der Waals surface area (Å²) in [7, 11) is 0. The van der Waals surface area contributed by atoms with Crippen molar-refractivity contribution in [2.24, 2.45) is 0 Å². The van der Waals surface area contributed by atoms with Crippen LogP contribution in [-0.2, 0) is 23.5 Å². The first-order valence-corrected chi connectivity index (χ1v) is 11.1. The highest BCUT2D eigenvalue weighted by Crippen LogP contribution is 2.41. The Bertz CT molecular complexity index is 954. The maximum absolute atomic E-state index is 6.29. The summed E-state index contributed by atoms with van der Waals surface area (Å²) in [6.07, 6.45) is 3.25. The van der Waals surface area contributed by atoms with Crippen molar-refractivity contribution >= 4 is 34.7 Å². The van der Waals surface area contributed by atoms with Gasteiger partial charge in [-0.25, -0.2) is 0 Å². The summed E-state index contributed by atoms with van der Waals surface area (Å²) >= 11 is 9.75. The Morgan fingerprint density at radius 1 is 1.30 bits per heavy atom. The van der Waals surface area contributed by atoms with E-state index in [9.17, 15) is 0 Å². The summed E-state index contributed by atoms with van der Waals surface area (Å²) < 4.78 is 13.4. The Morgan fingerprint density at radius 2 is 2.22 bits per heavy atom. The van der Waals surface area contributed by atoms with E-state index in [2.05, 4.69) is 32.3 Å². The molecule has 2 aliphatic rings. The molecular formula is C19H18ClN3O2S2. The SMILES string of the molecule is Clc1cc2c(c(CSc3nnc(Cc4cccs4)n3C3CC3)c1)OCOC2. The number of hydrogen-bond donors (Lipinski definition) is 0. The van der Waals surface area contributed by atoms with Crippen molar-refractivity contribution in [3.05, 3.63) is 56.5 Å². The molecule has 140 valence electrons. The van der Waals surface area contributed by atoms with Crippen LogP contribution in [0.1, 0.15) is 40.7 Å². The summed E-state index contributed by atoms with van der Waals surface area (Å²) in [6.45, 7) is 0.826. The number of halogens is 1. The lowest BCUT2D eigenvalue weighted by atomic mass is 10.1. The standard InChI is InChI=1S/C19H18ClN3O2S2/c20-14-6-12-9-24-11-25-18(12)13(7-14)10-27-19-22-21-17(23(19)15-3-4-15)8-16-2-1-5-26-16/h1-2,5-7,15H,3-4,8-11H2. The molecule has 0 atom stereocenters. The maximum atomic E-state index is 6.29. The van der Waals surface area contributed by atoms with Gasteiger partial charge in [0.2, 0.25) is 0 Å². The lowest BCUT2D eigenvalue weighted by Gasteiger charge is -2.21. The van der Waals surface area contributed by atoms with E-state index >= 15 is 0 Å². The van der Waals surface area contributed by atoms with E-state index in [4.69, 9.17) is 21.1 Å². The van der Waals surface area contributed by atoms with Gasteiger partial charge >= 0.3 is 0 Å². The number of ether oxygens (including phenoxy) is 2. The molecule has 0 radical (unpaired) electrons. The van der Waals surface area contributed by atoms with Crippen LogP contribution in [0.3, 0.4) is 0 Å². The van der Waals surface area contributed by atoms with Gasteiger partial charge in [0, 0.05) is 39.2 Å². The minimum Gasteiger partial charge on any atom is -0.467 e. The van der Waals surface area contributed by atoms with Gasteiger partial charge in [0.15, 0.2) is 11.9 Å². The molecule has 8 heteroatoms. The number of benzene rings is 1. The molecule has 0 saturated heterocycles. The minimum atomic E-state index is 0.287. The Kier molecular flexibility index (Phi) is 4.85. The molecular weight excluding hydrogens is 402 g/mol. The minimum absolute atomic E-state index is 0.287.